The second-order valence-corrected chi connectivity index (χ2v) is 8.12. The van der Waals surface area contributed by atoms with Gasteiger partial charge >= 0.3 is 0 Å². The molecule has 5 nitrogen and oxygen atoms in total. The SMILES string of the molecule is Cc1nc(S[C@H](C)C(=O)Nc2ccc(C#N)cc2)n(C2CCCC2)c1C. The van der Waals surface area contributed by atoms with Crippen LogP contribution in [0.3, 0.4) is 0 Å². The Hall–Kier alpha value is -2.26. The molecule has 136 valence electrons. The van der Waals surface area contributed by atoms with Gasteiger partial charge in [0.05, 0.1) is 22.6 Å². The molecule has 26 heavy (non-hydrogen) atoms. The van der Waals surface area contributed by atoms with E-state index in [2.05, 4.69) is 22.9 Å². The molecule has 1 aromatic heterocycles. The summed E-state index contributed by atoms with van der Waals surface area (Å²) < 4.78 is 2.33. The Balaban J connectivity index is 1.71. The molecule has 1 saturated carbocycles. The molecule has 1 N–H and O–H groups in total. The van der Waals surface area contributed by atoms with E-state index in [1.54, 1.807) is 24.3 Å². The molecule has 0 unspecified atom stereocenters. The maximum absolute atomic E-state index is 12.6. The van der Waals surface area contributed by atoms with E-state index in [1.807, 2.05) is 13.8 Å². The van der Waals surface area contributed by atoms with Crippen LogP contribution in [0.5, 0.6) is 0 Å². The number of hydrogen-bond acceptors (Lipinski definition) is 4. The van der Waals surface area contributed by atoms with Crippen LogP contribution in [-0.2, 0) is 4.79 Å². The summed E-state index contributed by atoms with van der Waals surface area (Å²) >= 11 is 1.51. The molecule has 0 spiro atoms. The maximum Gasteiger partial charge on any atom is 0.237 e. The van der Waals surface area contributed by atoms with Crippen molar-refractivity contribution in [1.82, 2.24) is 9.55 Å². The molecule has 1 amide bonds. The number of amides is 1. The quantitative estimate of drug-likeness (QED) is 0.783. The van der Waals surface area contributed by atoms with Crippen molar-refractivity contribution in [3.8, 4) is 6.07 Å². The monoisotopic (exact) mass is 368 g/mol. The molecule has 6 heteroatoms. The Morgan fingerprint density at radius 2 is 1.96 bits per heavy atom. The first-order valence-electron chi connectivity index (χ1n) is 9.02. The van der Waals surface area contributed by atoms with Gasteiger partial charge in [-0.2, -0.15) is 5.26 Å². The van der Waals surface area contributed by atoms with Crippen molar-refractivity contribution in [3.05, 3.63) is 41.2 Å². The first kappa shape index (κ1) is 18.5. The third-order valence-corrected chi connectivity index (χ3v) is 6.04. The number of imidazole rings is 1. The van der Waals surface area contributed by atoms with Gasteiger partial charge in [-0.15, -0.1) is 0 Å². The fourth-order valence-electron chi connectivity index (χ4n) is 3.36. The highest BCUT2D eigenvalue weighted by Gasteiger charge is 2.25. The predicted octanol–water partition coefficient (Wildman–Crippen LogP) is 4.61. The molecule has 1 heterocycles. The van der Waals surface area contributed by atoms with E-state index in [9.17, 15) is 4.79 Å². The van der Waals surface area contributed by atoms with Crippen LogP contribution in [-0.4, -0.2) is 20.7 Å². The zero-order valence-electron chi connectivity index (χ0n) is 15.5. The fraction of sp³-hybridized carbons (Fsp3) is 0.450. The van der Waals surface area contributed by atoms with Gasteiger partial charge in [-0.05, 0) is 57.9 Å². The number of carbonyl (C=O) groups is 1. The molecular weight excluding hydrogens is 344 g/mol. The number of hydrogen-bond donors (Lipinski definition) is 1. The number of aryl methyl sites for hydroxylation is 1. The van der Waals surface area contributed by atoms with Gasteiger partial charge in [0.2, 0.25) is 5.91 Å². The Labute approximate surface area is 158 Å². The number of nitrogens with zero attached hydrogens (tertiary/aromatic N) is 3. The van der Waals surface area contributed by atoms with Crippen molar-refractivity contribution < 1.29 is 4.79 Å². The lowest BCUT2D eigenvalue weighted by atomic mass is 10.2. The first-order valence-corrected chi connectivity index (χ1v) is 9.90. The molecule has 2 aromatic rings. The molecule has 0 bridgehead atoms. The van der Waals surface area contributed by atoms with Crippen LogP contribution in [0.1, 0.15) is 55.6 Å². The smallest absolute Gasteiger partial charge is 0.237 e. The summed E-state index contributed by atoms with van der Waals surface area (Å²) in [6.45, 7) is 6.06. The Bertz CT molecular complexity index is 829. The molecular formula is C20H24N4OS. The van der Waals surface area contributed by atoms with Gasteiger partial charge in [0, 0.05) is 17.4 Å². The van der Waals surface area contributed by atoms with Crippen molar-refractivity contribution in [1.29, 1.82) is 5.26 Å². The minimum Gasteiger partial charge on any atom is -0.325 e. The third-order valence-electron chi connectivity index (χ3n) is 4.98. The van der Waals surface area contributed by atoms with Crippen LogP contribution in [0, 0.1) is 25.2 Å². The van der Waals surface area contributed by atoms with Crippen molar-refractivity contribution >= 4 is 23.4 Å². The normalized spacial score (nSPS) is 15.6. The van der Waals surface area contributed by atoms with E-state index in [0.29, 0.717) is 17.3 Å². The van der Waals surface area contributed by atoms with Crippen LogP contribution in [0.15, 0.2) is 29.4 Å². The summed E-state index contributed by atoms with van der Waals surface area (Å²) in [4.78, 5) is 17.3. The number of anilines is 1. The molecule has 1 aromatic carbocycles. The summed E-state index contributed by atoms with van der Waals surface area (Å²) in [6, 6.07) is 9.49. The summed E-state index contributed by atoms with van der Waals surface area (Å²) in [5.74, 6) is -0.0593. The first-order chi connectivity index (χ1) is 12.5. The van der Waals surface area contributed by atoms with Gasteiger partial charge in [-0.25, -0.2) is 4.98 Å². The minimum absolute atomic E-state index is 0.0593. The van der Waals surface area contributed by atoms with E-state index in [4.69, 9.17) is 10.2 Å². The lowest BCUT2D eigenvalue weighted by molar-refractivity contribution is -0.115. The van der Waals surface area contributed by atoms with Crippen molar-refractivity contribution in [2.45, 2.75) is 62.9 Å². The summed E-state index contributed by atoms with van der Waals surface area (Å²) in [7, 11) is 0. The summed E-state index contributed by atoms with van der Waals surface area (Å²) in [5, 5.41) is 12.5. The van der Waals surface area contributed by atoms with E-state index in [1.165, 1.54) is 43.1 Å². The van der Waals surface area contributed by atoms with Crippen LogP contribution in [0.4, 0.5) is 5.69 Å². The van der Waals surface area contributed by atoms with Gasteiger partial charge in [0.1, 0.15) is 0 Å². The lowest BCUT2D eigenvalue weighted by Gasteiger charge is -2.18. The molecule has 1 aliphatic carbocycles. The number of aromatic nitrogens is 2. The van der Waals surface area contributed by atoms with Crippen molar-refractivity contribution in [3.63, 3.8) is 0 Å². The molecule has 1 fully saturated rings. The largest absolute Gasteiger partial charge is 0.325 e. The zero-order valence-corrected chi connectivity index (χ0v) is 16.3. The lowest BCUT2D eigenvalue weighted by Crippen LogP contribution is -2.23. The average molecular weight is 369 g/mol. The van der Waals surface area contributed by atoms with Crippen LogP contribution in [0.2, 0.25) is 0 Å². The van der Waals surface area contributed by atoms with Crippen LogP contribution >= 0.6 is 11.8 Å². The number of nitriles is 1. The second-order valence-electron chi connectivity index (χ2n) is 6.81. The van der Waals surface area contributed by atoms with Crippen LogP contribution in [0.25, 0.3) is 0 Å². The molecule has 0 aliphatic heterocycles. The average Bonchev–Trinajstić information content (AvgIpc) is 3.24. The molecule has 3 rings (SSSR count). The van der Waals surface area contributed by atoms with Gasteiger partial charge in [0.25, 0.3) is 0 Å². The molecule has 1 aliphatic rings. The molecule has 1 atom stereocenters. The van der Waals surface area contributed by atoms with Crippen molar-refractivity contribution in [2.75, 3.05) is 5.32 Å². The van der Waals surface area contributed by atoms with Gasteiger partial charge < -0.3 is 9.88 Å². The highest BCUT2D eigenvalue weighted by molar-refractivity contribution is 8.00. The van der Waals surface area contributed by atoms with Gasteiger partial charge in [-0.1, -0.05) is 24.6 Å². The highest BCUT2D eigenvalue weighted by Crippen LogP contribution is 2.36. The number of thioether (sulfide) groups is 1. The van der Waals surface area contributed by atoms with Crippen molar-refractivity contribution in [2.24, 2.45) is 0 Å². The number of nitrogens with one attached hydrogen (secondary N) is 1. The Morgan fingerprint density at radius 1 is 1.31 bits per heavy atom. The van der Waals surface area contributed by atoms with Gasteiger partial charge in [0.15, 0.2) is 5.16 Å². The zero-order chi connectivity index (χ0) is 18.7. The molecule has 0 radical (unpaired) electrons. The Morgan fingerprint density at radius 3 is 2.58 bits per heavy atom. The van der Waals surface area contributed by atoms with Crippen LogP contribution < -0.4 is 5.32 Å². The highest BCUT2D eigenvalue weighted by atomic mass is 32.2. The van der Waals surface area contributed by atoms with E-state index < -0.39 is 0 Å². The maximum atomic E-state index is 12.6. The number of rotatable bonds is 5. The predicted molar refractivity (Wildman–Crippen MR) is 104 cm³/mol. The summed E-state index contributed by atoms with van der Waals surface area (Å²) in [6.07, 6.45) is 4.91. The number of carbonyl (C=O) groups excluding carboxylic acids is 1. The van der Waals surface area contributed by atoms with Gasteiger partial charge in [-0.3, -0.25) is 4.79 Å². The Kier molecular flexibility index (Phi) is 5.67. The fourth-order valence-corrected chi connectivity index (χ4v) is 4.43. The van der Waals surface area contributed by atoms with E-state index >= 15 is 0 Å². The third kappa shape index (κ3) is 3.94. The standard InChI is InChI=1S/C20H24N4OS/c1-13-14(2)24(18-6-4-5-7-18)20(22-13)26-15(3)19(25)23-17-10-8-16(12-21)9-11-17/h8-11,15,18H,4-7H2,1-3H3,(H,23,25)/t15-/m1/s1. The topological polar surface area (TPSA) is 70.7 Å². The van der Waals surface area contributed by atoms with E-state index in [-0.39, 0.29) is 11.2 Å². The summed E-state index contributed by atoms with van der Waals surface area (Å²) in [5.41, 5.74) is 3.53. The second kappa shape index (κ2) is 7.96. The number of benzene rings is 1. The molecule has 0 saturated heterocycles. The minimum atomic E-state index is -0.257. The van der Waals surface area contributed by atoms with E-state index in [0.717, 1.165) is 10.9 Å².